The monoisotopic (exact) mass is 351 g/mol. The van der Waals surface area contributed by atoms with Crippen LogP contribution in [0.4, 0.5) is 0 Å². The SMILES string of the molecule is O=C(O)CCN1C(=O)C(=O)C(=C(O)c2ccccc2)[C@H]1c1ccccc1. The minimum atomic E-state index is -1.07. The maximum absolute atomic E-state index is 12.6. The lowest BCUT2D eigenvalue weighted by Gasteiger charge is -2.24. The van der Waals surface area contributed by atoms with Crippen molar-refractivity contribution in [1.29, 1.82) is 0 Å². The van der Waals surface area contributed by atoms with Crippen LogP contribution in [-0.2, 0) is 14.4 Å². The Labute approximate surface area is 150 Å². The maximum atomic E-state index is 12.6. The second-order valence-corrected chi connectivity index (χ2v) is 5.91. The van der Waals surface area contributed by atoms with E-state index < -0.39 is 23.7 Å². The summed E-state index contributed by atoms with van der Waals surface area (Å²) in [5.41, 5.74) is 1.03. The van der Waals surface area contributed by atoms with Crippen LogP contribution in [0.25, 0.3) is 5.76 Å². The number of ketones is 1. The van der Waals surface area contributed by atoms with Crippen LogP contribution in [0.5, 0.6) is 0 Å². The molecule has 0 spiro atoms. The van der Waals surface area contributed by atoms with E-state index in [4.69, 9.17) is 5.11 Å². The van der Waals surface area contributed by atoms with Crippen LogP contribution in [0.3, 0.4) is 0 Å². The van der Waals surface area contributed by atoms with Crippen LogP contribution in [-0.4, -0.2) is 39.3 Å². The molecule has 0 aromatic heterocycles. The largest absolute Gasteiger partial charge is 0.507 e. The molecule has 6 heteroatoms. The quantitative estimate of drug-likeness (QED) is 0.490. The molecule has 1 saturated heterocycles. The summed E-state index contributed by atoms with van der Waals surface area (Å²) < 4.78 is 0. The van der Waals surface area contributed by atoms with Crippen molar-refractivity contribution in [2.75, 3.05) is 6.54 Å². The number of benzene rings is 2. The molecule has 2 aromatic rings. The fraction of sp³-hybridized carbons (Fsp3) is 0.150. The number of rotatable bonds is 5. The van der Waals surface area contributed by atoms with E-state index in [9.17, 15) is 19.5 Å². The highest BCUT2D eigenvalue weighted by atomic mass is 16.4. The van der Waals surface area contributed by atoms with Crippen molar-refractivity contribution in [2.24, 2.45) is 0 Å². The number of Topliss-reactive ketones (excluding diaryl/α,β-unsaturated/α-hetero) is 1. The van der Waals surface area contributed by atoms with Gasteiger partial charge >= 0.3 is 5.97 Å². The summed E-state index contributed by atoms with van der Waals surface area (Å²) in [6.45, 7) is -0.120. The van der Waals surface area contributed by atoms with Gasteiger partial charge in [0, 0.05) is 12.1 Å². The van der Waals surface area contributed by atoms with Gasteiger partial charge in [-0.1, -0.05) is 60.7 Å². The number of carbonyl (C=O) groups excluding carboxylic acids is 2. The summed E-state index contributed by atoms with van der Waals surface area (Å²) in [6.07, 6.45) is -0.290. The van der Waals surface area contributed by atoms with Crippen LogP contribution in [0.1, 0.15) is 23.6 Å². The van der Waals surface area contributed by atoms with Crippen LogP contribution in [0.2, 0.25) is 0 Å². The predicted octanol–water partition coefficient (Wildman–Crippen LogP) is 2.58. The summed E-state index contributed by atoms with van der Waals surface area (Å²) >= 11 is 0. The first kappa shape index (κ1) is 17.4. The van der Waals surface area contributed by atoms with E-state index in [1.165, 1.54) is 4.90 Å². The van der Waals surface area contributed by atoms with Crippen LogP contribution in [0.15, 0.2) is 66.2 Å². The highest BCUT2D eigenvalue weighted by Gasteiger charge is 2.45. The molecule has 1 fully saturated rings. The average Bonchev–Trinajstić information content (AvgIpc) is 2.91. The van der Waals surface area contributed by atoms with Gasteiger partial charge in [-0.3, -0.25) is 14.4 Å². The minimum absolute atomic E-state index is 0.0298. The van der Waals surface area contributed by atoms with Gasteiger partial charge in [-0.05, 0) is 5.56 Å². The van der Waals surface area contributed by atoms with E-state index in [1.54, 1.807) is 60.7 Å². The van der Waals surface area contributed by atoms with Crippen molar-refractivity contribution < 1.29 is 24.6 Å². The molecule has 0 saturated carbocycles. The predicted molar refractivity (Wildman–Crippen MR) is 94.1 cm³/mol. The third kappa shape index (κ3) is 3.21. The molecule has 0 bridgehead atoms. The molecule has 3 rings (SSSR count). The Bertz CT molecular complexity index is 874. The van der Waals surface area contributed by atoms with Gasteiger partial charge in [0.25, 0.3) is 11.7 Å². The molecule has 0 radical (unpaired) electrons. The van der Waals surface area contributed by atoms with E-state index in [1.807, 2.05) is 0 Å². The van der Waals surface area contributed by atoms with E-state index in [0.29, 0.717) is 11.1 Å². The molecule has 1 aliphatic heterocycles. The maximum Gasteiger partial charge on any atom is 0.305 e. The average molecular weight is 351 g/mol. The molecular weight excluding hydrogens is 334 g/mol. The van der Waals surface area contributed by atoms with Gasteiger partial charge < -0.3 is 15.1 Å². The highest BCUT2D eigenvalue weighted by molar-refractivity contribution is 6.46. The fourth-order valence-electron chi connectivity index (χ4n) is 3.06. The molecule has 1 amide bonds. The Morgan fingerprint density at radius 2 is 1.50 bits per heavy atom. The fourth-order valence-corrected chi connectivity index (χ4v) is 3.06. The lowest BCUT2D eigenvalue weighted by atomic mass is 9.95. The lowest BCUT2D eigenvalue weighted by Crippen LogP contribution is -2.31. The standard InChI is InChI=1S/C20H17NO5/c22-15(23)11-12-21-17(13-7-3-1-4-8-13)16(19(25)20(21)26)18(24)14-9-5-2-6-10-14/h1-10,17,24H,11-12H2,(H,22,23)/t17-/m1/s1. The van der Waals surface area contributed by atoms with Gasteiger partial charge in [0.05, 0.1) is 18.0 Å². The first-order chi connectivity index (χ1) is 12.5. The second-order valence-electron chi connectivity index (χ2n) is 5.91. The van der Waals surface area contributed by atoms with Crippen LogP contribution >= 0.6 is 0 Å². The number of aliphatic hydroxyl groups is 1. The Hall–Kier alpha value is -3.41. The molecule has 1 heterocycles. The number of nitrogens with zero attached hydrogens (tertiary/aromatic N) is 1. The van der Waals surface area contributed by atoms with E-state index >= 15 is 0 Å². The summed E-state index contributed by atoms with van der Waals surface area (Å²) in [4.78, 5) is 37.2. The van der Waals surface area contributed by atoms with Crippen molar-refractivity contribution >= 4 is 23.4 Å². The zero-order chi connectivity index (χ0) is 18.7. The topological polar surface area (TPSA) is 94.9 Å². The number of hydrogen-bond donors (Lipinski definition) is 2. The van der Waals surface area contributed by atoms with Gasteiger partial charge in [-0.2, -0.15) is 0 Å². The zero-order valence-electron chi connectivity index (χ0n) is 13.8. The molecule has 26 heavy (non-hydrogen) atoms. The summed E-state index contributed by atoms with van der Waals surface area (Å²) in [5, 5.41) is 19.7. The number of aliphatic carboxylic acids is 1. The molecule has 132 valence electrons. The molecule has 2 aromatic carbocycles. The van der Waals surface area contributed by atoms with Gasteiger partial charge in [0.15, 0.2) is 0 Å². The second kappa shape index (κ2) is 7.23. The third-order valence-corrected chi connectivity index (χ3v) is 4.27. The van der Waals surface area contributed by atoms with Crippen molar-refractivity contribution in [3.05, 3.63) is 77.4 Å². The number of carboxylic acid groups (broad SMARTS) is 1. The lowest BCUT2D eigenvalue weighted by molar-refractivity contribution is -0.142. The highest BCUT2D eigenvalue weighted by Crippen LogP contribution is 2.39. The van der Waals surface area contributed by atoms with Crippen molar-refractivity contribution in [1.82, 2.24) is 4.90 Å². The van der Waals surface area contributed by atoms with E-state index in [0.717, 1.165) is 0 Å². The van der Waals surface area contributed by atoms with Crippen molar-refractivity contribution in [3.63, 3.8) is 0 Å². The summed E-state index contributed by atoms with van der Waals surface area (Å²) in [7, 11) is 0. The number of carbonyl (C=O) groups is 3. The summed E-state index contributed by atoms with van der Waals surface area (Å²) in [6, 6.07) is 16.5. The Morgan fingerprint density at radius 3 is 2.08 bits per heavy atom. The minimum Gasteiger partial charge on any atom is -0.507 e. The van der Waals surface area contributed by atoms with Gasteiger partial charge in [0.1, 0.15) is 5.76 Å². The zero-order valence-corrected chi connectivity index (χ0v) is 13.8. The van der Waals surface area contributed by atoms with E-state index in [-0.39, 0.29) is 24.3 Å². The summed E-state index contributed by atoms with van der Waals surface area (Å²) in [5.74, 6) is -2.96. The van der Waals surface area contributed by atoms with Gasteiger partial charge in [-0.15, -0.1) is 0 Å². The molecule has 1 aliphatic rings. The van der Waals surface area contributed by atoms with Crippen LogP contribution in [0, 0.1) is 0 Å². The Kier molecular flexibility index (Phi) is 4.84. The van der Waals surface area contributed by atoms with Crippen LogP contribution < -0.4 is 0 Å². The molecule has 0 aliphatic carbocycles. The molecule has 1 atom stereocenters. The number of amides is 1. The number of likely N-dealkylation sites (tertiary alicyclic amines) is 1. The number of aliphatic hydroxyl groups excluding tert-OH is 1. The van der Waals surface area contributed by atoms with Crippen molar-refractivity contribution in [2.45, 2.75) is 12.5 Å². The van der Waals surface area contributed by atoms with E-state index in [2.05, 4.69) is 0 Å². The normalized spacial score (nSPS) is 18.9. The molecule has 6 nitrogen and oxygen atoms in total. The first-order valence-corrected chi connectivity index (χ1v) is 8.11. The molecule has 0 unspecified atom stereocenters. The molecule has 2 N–H and O–H groups in total. The Morgan fingerprint density at radius 1 is 0.923 bits per heavy atom. The number of carboxylic acids is 1. The van der Waals surface area contributed by atoms with Crippen molar-refractivity contribution in [3.8, 4) is 0 Å². The smallest absolute Gasteiger partial charge is 0.305 e. The van der Waals surface area contributed by atoms with Gasteiger partial charge in [-0.25, -0.2) is 0 Å². The Balaban J connectivity index is 2.13. The molecular formula is C20H17NO5. The first-order valence-electron chi connectivity index (χ1n) is 8.11. The van der Waals surface area contributed by atoms with Gasteiger partial charge in [0.2, 0.25) is 0 Å². The third-order valence-electron chi connectivity index (χ3n) is 4.27. The number of hydrogen-bond acceptors (Lipinski definition) is 4.